The monoisotopic (exact) mass is 342 g/mol. The second kappa shape index (κ2) is 8.38. The second-order valence-corrected chi connectivity index (χ2v) is 8.79. The first kappa shape index (κ1) is 18.5. The Labute approximate surface area is 153 Å². The SMILES string of the molecule is CC1(CCCCCc2ccc(CCCCC3(OC=O)CC3)cc2)CC1. The molecule has 2 nitrogen and oxygen atoms in total. The molecule has 138 valence electrons. The Hall–Kier alpha value is -1.31. The highest BCUT2D eigenvalue weighted by atomic mass is 16.5. The zero-order valence-electron chi connectivity index (χ0n) is 15.9. The third kappa shape index (κ3) is 6.17. The zero-order valence-corrected chi connectivity index (χ0v) is 15.9. The number of hydrogen-bond donors (Lipinski definition) is 0. The summed E-state index contributed by atoms with van der Waals surface area (Å²) in [6.45, 7) is 3.06. The average molecular weight is 343 g/mol. The molecule has 3 rings (SSSR count). The van der Waals surface area contributed by atoms with Crippen molar-refractivity contribution in [2.75, 3.05) is 0 Å². The van der Waals surface area contributed by atoms with Crippen LogP contribution in [-0.4, -0.2) is 12.1 Å². The number of carbonyl (C=O) groups excluding carboxylic acids is 1. The molecular formula is C23H34O2. The van der Waals surface area contributed by atoms with Gasteiger partial charge < -0.3 is 4.74 Å². The summed E-state index contributed by atoms with van der Waals surface area (Å²) in [4.78, 5) is 10.5. The molecule has 0 heterocycles. The van der Waals surface area contributed by atoms with Gasteiger partial charge in [-0.3, -0.25) is 4.79 Å². The quantitative estimate of drug-likeness (QED) is 0.324. The van der Waals surface area contributed by atoms with Crippen molar-refractivity contribution in [2.24, 2.45) is 5.41 Å². The Morgan fingerprint density at radius 1 is 0.840 bits per heavy atom. The van der Waals surface area contributed by atoms with E-state index in [1.54, 1.807) is 0 Å². The number of unbranched alkanes of at least 4 members (excludes halogenated alkanes) is 3. The zero-order chi connectivity index (χ0) is 17.6. The fraction of sp³-hybridized carbons (Fsp3) is 0.696. The van der Waals surface area contributed by atoms with Gasteiger partial charge in [-0.1, -0.05) is 44.0 Å². The Kier molecular flexibility index (Phi) is 6.19. The van der Waals surface area contributed by atoms with Gasteiger partial charge in [0.2, 0.25) is 0 Å². The maximum absolute atomic E-state index is 10.5. The highest BCUT2D eigenvalue weighted by Crippen LogP contribution is 2.49. The molecule has 2 aliphatic rings. The summed E-state index contributed by atoms with van der Waals surface area (Å²) in [6, 6.07) is 9.23. The lowest BCUT2D eigenvalue weighted by Crippen LogP contribution is -2.12. The summed E-state index contributed by atoms with van der Waals surface area (Å²) in [6.07, 6.45) is 16.3. The van der Waals surface area contributed by atoms with Crippen molar-refractivity contribution in [3.8, 4) is 0 Å². The van der Waals surface area contributed by atoms with Crippen molar-refractivity contribution in [3.63, 3.8) is 0 Å². The fourth-order valence-corrected chi connectivity index (χ4v) is 3.84. The van der Waals surface area contributed by atoms with Crippen molar-refractivity contribution in [2.45, 2.75) is 96.0 Å². The van der Waals surface area contributed by atoms with Gasteiger partial charge in [0.05, 0.1) is 0 Å². The van der Waals surface area contributed by atoms with Gasteiger partial charge in [-0.25, -0.2) is 0 Å². The van der Waals surface area contributed by atoms with Crippen LogP contribution in [0.4, 0.5) is 0 Å². The Morgan fingerprint density at radius 3 is 1.92 bits per heavy atom. The minimum absolute atomic E-state index is 0.0808. The maximum Gasteiger partial charge on any atom is 0.293 e. The largest absolute Gasteiger partial charge is 0.461 e. The molecule has 0 bridgehead atoms. The van der Waals surface area contributed by atoms with Crippen molar-refractivity contribution < 1.29 is 9.53 Å². The third-order valence-electron chi connectivity index (χ3n) is 6.33. The number of rotatable bonds is 13. The van der Waals surface area contributed by atoms with Crippen molar-refractivity contribution in [3.05, 3.63) is 35.4 Å². The molecule has 0 N–H and O–H groups in total. The van der Waals surface area contributed by atoms with E-state index in [9.17, 15) is 4.79 Å². The maximum atomic E-state index is 10.5. The van der Waals surface area contributed by atoms with Crippen LogP contribution in [0.25, 0.3) is 0 Å². The van der Waals surface area contributed by atoms with Gasteiger partial charge in [0.1, 0.15) is 5.60 Å². The number of ether oxygens (including phenoxy) is 1. The molecule has 2 saturated carbocycles. The van der Waals surface area contributed by atoms with Crippen LogP contribution < -0.4 is 0 Å². The molecule has 0 radical (unpaired) electrons. The topological polar surface area (TPSA) is 26.3 Å². The van der Waals surface area contributed by atoms with E-state index in [2.05, 4.69) is 31.2 Å². The molecule has 1 aromatic rings. The van der Waals surface area contributed by atoms with Gasteiger partial charge in [-0.05, 0) is 87.2 Å². The summed E-state index contributed by atoms with van der Waals surface area (Å²) in [7, 11) is 0. The van der Waals surface area contributed by atoms with Gasteiger partial charge in [0.25, 0.3) is 6.47 Å². The molecule has 2 aliphatic carbocycles. The molecule has 0 spiro atoms. The van der Waals surface area contributed by atoms with Gasteiger partial charge in [0, 0.05) is 0 Å². The Morgan fingerprint density at radius 2 is 1.40 bits per heavy atom. The first-order chi connectivity index (χ1) is 12.1. The predicted octanol–water partition coefficient (Wildman–Crippen LogP) is 6.01. The van der Waals surface area contributed by atoms with Crippen molar-refractivity contribution in [1.29, 1.82) is 0 Å². The van der Waals surface area contributed by atoms with E-state index in [-0.39, 0.29) is 5.60 Å². The van der Waals surface area contributed by atoms with Crippen LogP contribution in [0.5, 0.6) is 0 Å². The van der Waals surface area contributed by atoms with Crippen LogP contribution in [0.3, 0.4) is 0 Å². The standard InChI is InChI=1S/C23H34O2/c1-22(15-16-22)13-5-2-3-7-20-9-11-21(12-10-20)8-4-6-14-23(17-18-23)25-19-24/h9-12,19H,2-8,13-18H2,1H3. The molecule has 2 heteroatoms. The highest BCUT2D eigenvalue weighted by molar-refractivity contribution is 5.39. The molecule has 0 amide bonds. The van der Waals surface area contributed by atoms with Crippen LogP contribution in [0, 0.1) is 5.41 Å². The fourth-order valence-electron chi connectivity index (χ4n) is 3.84. The van der Waals surface area contributed by atoms with Crippen LogP contribution >= 0.6 is 0 Å². The van der Waals surface area contributed by atoms with Crippen molar-refractivity contribution in [1.82, 2.24) is 0 Å². The van der Waals surface area contributed by atoms with E-state index in [1.165, 1.54) is 62.5 Å². The number of carbonyl (C=O) groups is 1. The first-order valence-corrected chi connectivity index (χ1v) is 10.3. The second-order valence-electron chi connectivity index (χ2n) is 8.79. The third-order valence-corrected chi connectivity index (χ3v) is 6.33. The van der Waals surface area contributed by atoms with E-state index in [1.807, 2.05) is 0 Å². The van der Waals surface area contributed by atoms with Gasteiger partial charge >= 0.3 is 0 Å². The smallest absolute Gasteiger partial charge is 0.293 e. The lowest BCUT2D eigenvalue weighted by atomic mass is 9.98. The van der Waals surface area contributed by atoms with Crippen LogP contribution in [0.2, 0.25) is 0 Å². The summed E-state index contributed by atoms with van der Waals surface area (Å²) in [5, 5.41) is 0. The molecule has 2 fully saturated rings. The van der Waals surface area contributed by atoms with Gasteiger partial charge in [-0.15, -0.1) is 0 Å². The van der Waals surface area contributed by atoms with Gasteiger partial charge in [0.15, 0.2) is 0 Å². The molecule has 0 atom stereocenters. The van der Waals surface area contributed by atoms with E-state index in [0.29, 0.717) is 6.47 Å². The first-order valence-electron chi connectivity index (χ1n) is 10.3. The lowest BCUT2D eigenvalue weighted by Gasteiger charge is -2.12. The minimum atomic E-state index is -0.0808. The molecule has 0 saturated heterocycles. The van der Waals surface area contributed by atoms with Crippen LogP contribution in [0.15, 0.2) is 24.3 Å². The molecule has 25 heavy (non-hydrogen) atoms. The summed E-state index contributed by atoms with van der Waals surface area (Å²) in [5.74, 6) is 0. The minimum Gasteiger partial charge on any atom is -0.461 e. The van der Waals surface area contributed by atoms with Gasteiger partial charge in [-0.2, -0.15) is 0 Å². The van der Waals surface area contributed by atoms with Crippen molar-refractivity contribution >= 4 is 6.47 Å². The average Bonchev–Trinajstić information content (AvgIpc) is 3.53. The van der Waals surface area contributed by atoms with E-state index in [4.69, 9.17) is 4.74 Å². The lowest BCUT2D eigenvalue weighted by molar-refractivity contribution is -0.135. The number of aryl methyl sites for hydroxylation is 2. The molecule has 0 aromatic heterocycles. The summed E-state index contributed by atoms with van der Waals surface area (Å²) in [5.41, 5.74) is 3.56. The normalized spacial score (nSPS) is 19.4. The van der Waals surface area contributed by atoms with Crippen LogP contribution in [0.1, 0.15) is 88.7 Å². The summed E-state index contributed by atoms with van der Waals surface area (Å²) < 4.78 is 5.20. The number of benzene rings is 1. The molecule has 1 aromatic carbocycles. The molecule has 0 unspecified atom stereocenters. The highest BCUT2D eigenvalue weighted by Gasteiger charge is 2.44. The van der Waals surface area contributed by atoms with E-state index >= 15 is 0 Å². The number of hydrogen-bond acceptors (Lipinski definition) is 2. The van der Waals surface area contributed by atoms with Crippen LogP contribution in [-0.2, 0) is 22.4 Å². The van der Waals surface area contributed by atoms with E-state index in [0.717, 1.165) is 37.5 Å². The molecule has 0 aliphatic heterocycles. The summed E-state index contributed by atoms with van der Waals surface area (Å²) >= 11 is 0. The molecular weight excluding hydrogens is 308 g/mol. The van der Waals surface area contributed by atoms with E-state index < -0.39 is 0 Å². The Balaban J connectivity index is 1.26. The predicted molar refractivity (Wildman–Crippen MR) is 103 cm³/mol. The Bertz CT molecular complexity index is 538.